The van der Waals surface area contributed by atoms with E-state index < -0.39 is 17.3 Å². The molecule has 31 heavy (non-hydrogen) atoms. The summed E-state index contributed by atoms with van der Waals surface area (Å²) < 4.78 is 0.690. The number of aryl methyl sites for hydroxylation is 1. The normalized spacial score (nSPS) is 27.7. The predicted molar refractivity (Wildman–Crippen MR) is 120 cm³/mol. The van der Waals surface area contributed by atoms with Gasteiger partial charge in [-0.25, -0.2) is 4.90 Å². The van der Waals surface area contributed by atoms with Gasteiger partial charge in [0.25, 0.3) is 0 Å². The number of anilines is 1. The number of carbonyl (C=O) groups is 3. The summed E-state index contributed by atoms with van der Waals surface area (Å²) in [6.07, 6.45) is 0.899. The lowest BCUT2D eigenvalue weighted by Gasteiger charge is -2.51. The minimum absolute atomic E-state index is 0.236. The maximum absolute atomic E-state index is 13.9. The number of benzene rings is 3. The van der Waals surface area contributed by atoms with E-state index in [0.29, 0.717) is 10.2 Å². The maximum atomic E-state index is 13.9. The van der Waals surface area contributed by atoms with Crippen molar-refractivity contribution < 1.29 is 14.4 Å². The Balaban J connectivity index is 1.65. The van der Waals surface area contributed by atoms with Crippen LogP contribution in [-0.4, -0.2) is 18.1 Å². The summed E-state index contributed by atoms with van der Waals surface area (Å²) in [6.45, 7) is 1.96. The van der Waals surface area contributed by atoms with Gasteiger partial charge < -0.3 is 4.79 Å². The molecule has 2 bridgehead atoms. The molecule has 0 spiro atoms. The first-order chi connectivity index (χ1) is 15.0. The number of hydrogen-bond donors (Lipinski definition) is 0. The van der Waals surface area contributed by atoms with Crippen LogP contribution in [0.1, 0.15) is 33.7 Å². The Morgan fingerprint density at radius 1 is 0.903 bits per heavy atom. The van der Waals surface area contributed by atoms with Crippen LogP contribution in [0.3, 0.4) is 0 Å². The van der Waals surface area contributed by atoms with Crippen LogP contribution in [0.5, 0.6) is 0 Å². The predicted octanol–water partition coefficient (Wildman–Crippen LogP) is 4.51. The summed E-state index contributed by atoms with van der Waals surface area (Å²) in [7, 11) is 0. The van der Waals surface area contributed by atoms with E-state index in [4.69, 9.17) is 0 Å². The highest BCUT2D eigenvalue weighted by Gasteiger charge is 2.68. The summed E-state index contributed by atoms with van der Waals surface area (Å²) in [5.74, 6) is -2.14. The molecule has 5 heteroatoms. The number of hydrogen-bond acceptors (Lipinski definition) is 3. The Bertz CT molecular complexity index is 1270. The Morgan fingerprint density at radius 3 is 2.10 bits per heavy atom. The Hall–Kier alpha value is -3.05. The highest BCUT2D eigenvalue weighted by molar-refractivity contribution is 9.10. The second-order valence-electron chi connectivity index (χ2n) is 8.61. The number of amides is 2. The Morgan fingerprint density at radius 2 is 1.52 bits per heavy atom. The molecule has 4 aliphatic rings. The van der Waals surface area contributed by atoms with E-state index in [1.807, 2.05) is 67.6 Å². The third-order valence-corrected chi connectivity index (χ3v) is 7.85. The van der Waals surface area contributed by atoms with Gasteiger partial charge in [-0.05, 0) is 62.8 Å². The molecule has 1 fully saturated rings. The lowest BCUT2D eigenvalue weighted by atomic mass is 9.48. The minimum atomic E-state index is -1.16. The van der Waals surface area contributed by atoms with Crippen molar-refractivity contribution in [3.05, 3.63) is 99.0 Å². The van der Waals surface area contributed by atoms with Crippen molar-refractivity contribution in [2.45, 2.75) is 18.3 Å². The number of nitrogens with zero attached hydrogens (tertiary/aromatic N) is 1. The molecular weight excluding hydrogens is 454 g/mol. The van der Waals surface area contributed by atoms with E-state index in [0.717, 1.165) is 34.1 Å². The van der Waals surface area contributed by atoms with E-state index in [-0.39, 0.29) is 17.7 Å². The maximum Gasteiger partial charge on any atom is 0.239 e. The molecule has 0 unspecified atom stereocenters. The van der Waals surface area contributed by atoms with Gasteiger partial charge in [-0.3, -0.25) is 9.59 Å². The number of halogens is 1. The van der Waals surface area contributed by atoms with Crippen molar-refractivity contribution in [3.8, 4) is 0 Å². The number of carbonyl (C=O) groups excluding carboxylic acids is 3. The molecule has 3 aliphatic carbocycles. The van der Waals surface area contributed by atoms with Crippen molar-refractivity contribution in [1.29, 1.82) is 0 Å². The van der Waals surface area contributed by atoms with E-state index >= 15 is 0 Å². The first-order valence-corrected chi connectivity index (χ1v) is 11.1. The van der Waals surface area contributed by atoms with Crippen molar-refractivity contribution in [2.75, 3.05) is 4.90 Å². The van der Waals surface area contributed by atoms with Crippen LogP contribution in [0.15, 0.2) is 71.2 Å². The second kappa shape index (κ2) is 6.24. The van der Waals surface area contributed by atoms with Crippen LogP contribution in [0.2, 0.25) is 0 Å². The van der Waals surface area contributed by atoms with Crippen molar-refractivity contribution in [1.82, 2.24) is 0 Å². The molecule has 3 aromatic rings. The van der Waals surface area contributed by atoms with Gasteiger partial charge >= 0.3 is 0 Å². The number of imide groups is 1. The van der Waals surface area contributed by atoms with Gasteiger partial charge in [0.1, 0.15) is 6.29 Å². The zero-order valence-electron chi connectivity index (χ0n) is 16.7. The Kier molecular flexibility index (Phi) is 3.76. The zero-order valence-corrected chi connectivity index (χ0v) is 18.3. The SMILES string of the molecule is Cc1ccc(N2C(=O)[C@@H]3C4c5ccccc5C(C=O)(c5ccccc54)[C@H]3C2=O)c(Br)c1. The average Bonchev–Trinajstić information content (AvgIpc) is 3.05. The molecule has 1 saturated heterocycles. The standard InChI is InChI=1S/C26H18BrNO3/c1-14-10-11-20(19(27)12-14)28-24(30)22-21-15-6-2-4-8-17(15)26(13-29,23(22)25(28)31)18-9-5-3-7-16(18)21/h2-13,21-23H,1H3/t21?,22-,23-,26?/m1/s1. The molecule has 7 rings (SSSR count). The van der Waals surface area contributed by atoms with Crippen LogP contribution < -0.4 is 4.90 Å². The van der Waals surface area contributed by atoms with E-state index in [9.17, 15) is 14.4 Å². The fraction of sp³-hybridized carbons (Fsp3) is 0.192. The van der Waals surface area contributed by atoms with Crippen LogP contribution in [0.25, 0.3) is 0 Å². The number of rotatable bonds is 2. The van der Waals surface area contributed by atoms with Crippen LogP contribution in [0.4, 0.5) is 5.69 Å². The van der Waals surface area contributed by atoms with Crippen molar-refractivity contribution in [2.24, 2.45) is 11.8 Å². The highest BCUT2D eigenvalue weighted by atomic mass is 79.9. The summed E-state index contributed by atoms with van der Waals surface area (Å²) in [5, 5.41) is 0. The molecule has 0 radical (unpaired) electrons. The van der Waals surface area contributed by atoms with Crippen LogP contribution in [0, 0.1) is 18.8 Å². The van der Waals surface area contributed by atoms with E-state index in [1.54, 1.807) is 6.07 Å². The smallest absolute Gasteiger partial charge is 0.239 e. The molecule has 2 amide bonds. The average molecular weight is 472 g/mol. The first kappa shape index (κ1) is 18.7. The Labute approximate surface area is 188 Å². The van der Waals surface area contributed by atoms with Gasteiger partial charge in [0.15, 0.2) is 0 Å². The van der Waals surface area contributed by atoms with Crippen LogP contribution >= 0.6 is 15.9 Å². The summed E-state index contributed by atoms with van der Waals surface area (Å²) in [4.78, 5) is 41.9. The lowest BCUT2D eigenvalue weighted by Crippen LogP contribution is -2.54. The summed E-state index contributed by atoms with van der Waals surface area (Å²) >= 11 is 3.53. The van der Waals surface area contributed by atoms with Gasteiger partial charge in [0, 0.05) is 10.4 Å². The molecule has 0 N–H and O–H groups in total. The molecule has 1 heterocycles. The molecule has 152 valence electrons. The van der Waals surface area contributed by atoms with E-state index in [2.05, 4.69) is 15.9 Å². The van der Waals surface area contributed by atoms with E-state index in [1.165, 1.54) is 4.90 Å². The summed E-state index contributed by atoms with van der Waals surface area (Å²) in [6, 6.07) is 21.1. The molecule has 2 atom stereocenters. The van der Waals surface area contributed by atoms with Crippen molar-refractivity contribution >= 4 is 39.7 Å². The fourth-order valence-electron chi connectivity index (χ4n) is 6.06. The molecule has 4 nitrogen and oxygen atoms in total. The highest BCUT2D eigenvalue weighted by Crippen LogP contribution is 2.63. The molecule has 0 saturated carbocycles. The van der Waals surface area contributed by atoms with Gasteiger partial charge in [0.2, 0.25) is 11.8 Å². The molecular formula is C26H18BrNO3. The molecule has 3 aromatic carbocycles. The third kappa shape index (κ3) is 2.12. The van der Waals surface area contributed by atoms with Crippen LogP contribution in [-0.2, 0) is 19.8 Å². The monoisotopic (exact) mass is 471 g/mol. The quantitative estimate of drug-likeness (QED) is 0.408. The minimum Gasteiger partial charge on any atom is -0.302 e. The lowest BCUT2D eigenvalue weighted by molar-refractivity contribution is -0.128. The summed E-state index contributed by atoms with van der Waals surface area (Å²) in [5.41, 5.74) is 4.04. The molecule has 1 aliphatic heterocycles. The van der Waals surface area contributed by atoms with Crippen molar-refractivity contribution in [3.63, 3.8) is 0 Å². The van der Waals surface area contributed by atoms with Gasteiger partial charge in [-0.2, -0.15) is 0 Å². The zero-order chi connectivity index (χ0) is 21.5. The second-order valence-corrected chi connectivity index (χ2v) is 9.46. The largest absolute Gasteiger partial charge is 0.302 e. The fourth-order valence-corrected chi connectivity index (χ4v) is 6.73. The number of aldehydes is 1. The first-order valence-electron chi connectivity index (χ1n) is 10.3. The van der Waals surface area contributed by atoms with Gasteiger partial charge in [-0.15, -0.1) is 0 Å². The third-order valence-electron chi connectivity index (χ3n) is 7.21. The topological polar surface area (TPSA) is 54.5 Å². The van der Waals surface area contributed by atoms with Gasteiger partial charge in [-0.1, -0.05) is 54.6 Å². The molecule has 0 aromatic heterocycles. The van der Waals surface area contributed by atoms with Gasteiger partial charge in [0.05, 0.1) is 22.9 Å².